The third kappa shape index (κ3) is 5.99. The van der Waals surface area contributed by atoms with Gasteiger partial charge in [0.25, 0.3) is 0 Å². The first kappa shape index (κ1) is 20.7. The van der Waals surface area contributed by atoms with Gasteiger partial charge in [-0.3, -0.25) is 4.90 Å². The highest BCUT2D eigenvalue weighted by atomic mass is 16.6. The molecule has 0 unspecified atom stereocenters. The van der Waals surface area contributed by atoms with Gasteiger partial charge in [-0.25, -0.2) is 4.79 Å². The number of nitrogens with zero attached hydrogens (tertiary/aromatic N) is 2. The van der Waals surface area contributed by atoms with Gasteiger partial charge in [0.2, 0.25) is 0 Å². The third-order valence-electron chi connectivity index (χ3n) is 5.27. The van der Waals surface area contributed by atoms with Crippen LogP contribution >= 0.6 is 0 Å². The molecule has 0 spiro atoms. The molecule has 2 aliphatic heterocycles. The molecule has 2 heterocycles. The Morgan fingerprint density at radius 1 is 1.18 bits per heavy atom. The summed E-state index contributed by atoms with van der Waals surface area (Å²) >= 11 is 0. The Hall–Kier alpha value is -2.01. The van der Waals surface area contributed by atoms with E-state index in [1.54, 1.807) is 0 Å². The maximum Gasteiger partial charge on any atom is 0.410 e. The van der Waals surface area contributed by atoms with Crippen LogP contribution in [-0.4, -0.2) is 53.3 Å². The van der Waals surface area contributed by atoms with Crippen molar-refractivity contribution in [2.24, 2.45) is 0 Å². The molecule has 2 atom stereocenters. The predicted octanol–water partition coefficient (Wildman–Crippen LogP) is 4.58. The van der Waals surface area contributed by atoms with Crippen LogP contribution in [0.4, 0.5) is 4.79 Å². The Bertz CT molecular complexity index is 681. The third-order valence-corrected chi connectivity index (χ3v) is 5.27. The number of benzene rings is 1. The van der Waals surface area contributed by atoms with Gasteiger partial charge < -0.3 is 14.4 Å². The van der Waals surface area contributed by atoms with E-state index in [2.05, 4.69) is 48.2 Å². The topological polar surface area (TPSA) is 42.0 Å². The van der Waals surface area contributed by atoms with Crippen molar-refractivity contribution in [3.8, 4) is 0 Å². The summed E-state index contributed by atoms with van der Waals surface area (Å²) in [6, 6.07) is 10.7. The molecule has 0 bridgehead atoms. The van der Waals surface area contributed by atoms with Crippen LogP contribution in [-0.2, 0) is 16.0 Å². The molecule has 2 aliphatic rings. The number of likely N-dealkylation sites (tertiary alicyclic amines) is 1. The number of hydrogen-bond donors (Lipinski definition) is 0. The predicted molar refractivity (Wildman–Crippen MR) is 111 cm³/mol. The smallest absolute Gasteiger partial charge is 0.410 e. The molecule has 0 aromatic heterocycles. The molecular formula is C23H34N2O3. The molecule has 0 radical (unpaired) electrons. The van der Waals surface area contributed by atoms with Gasteiger partial charge in [-0.1, -0.05) is 30.3 Å². The molecule has 28 heavy (non-hydrogen) atoms. The summed E-state index contributed by atoms with van der Waals surface area (Å²) in [5.74, 6) is 1.10. The molecule has 5 nitrogen and oxygen atoms in total. The Balaban J connectivity index is 1.45. The van der Waals surface area contributed by atoms with E-state index in [0.717, 1.165) is 44.7 Å². The van der Waals surface area contributed by atoms with Crippen LogP contribution in [0.25, 0.3) is 0 Å². The number of amides is 1. The van der Waals surface area contributed by atoms with Gasteiger partial charge in [-0.15, -0.1) is 0 Å². The Morgan fingerprint density at radius 3 is 2.54 bits per heavy atom. The van der Waals surface area contributed by atoms with Gasteiger partial charge in [0.15, 0.2) is 0 Å². The SMILES string of the molecule is C[C@H]1C[C@H](OC2=CCN(Cc3ccccc3)CC2)CCN1C(=O)OC(C)(C)C. The second-order valence-corrected chi connectivity index (χ2v) is 8.93. The second-order valence-electron chi connectivity index (χ2n) is 8.93. The normalized spacial score (nSPS) is 23.9. The van der Waals surface area contributed by atoms with Gasteiger partial charge in [0, 0.05) is 51.5 Å². The van der Waals surface area contributed by atoms with Crippen molar-refractivity contribution >= 4 is 6.09 Å². The number of ether oxygens (including phenoxy) is 2. The van der Waals surface area contributed by atoms with Crippen molar-refractivity contribution in [3.63, 3.8) is 0 Å². The zero-order valence-electron chi connectivity index (χ0n) is 17.7. The number of rotatable bonds is 4. The second kappa shape index (κ2) is 8.99. The van der Waals surface area contributed by atoms with Crippen LogP contribution in [0.15, 0.2) is 42.2 Å². The summed E-state index contributed by atoms with van der Waals surface area (Å²) in [5.41, 5.74) is 0.895. The average molecular weight is 387 g/mol. The monoisotopic (exact) mass is 386 g/mol. The zero-order valence-corrected chi connectivity index (χ0v) is 17.7. The van der Waals surface area contributed by atoms with E-state index in [4.69, 9.17) is 9.47 Å². The molecule has 1 aromatic rings. The van der Waals surface area contributed by atoms with Crippen molar-refractivity contribution < 1.29 is 14.3 Å². The van der Waals surface area contributed by atoms with Crippen LogP contribution in [0, 0.1) is 0 Å². The van der Waals surface area contributed by atoms with Crippen LogP contribution in [0.2, 0.25) is 0 Å². The number of hydrogen-bond acceptors (Lipinski definition) is 4. The lowest BCUT2D eigenvalue weighted by Gasteiger charge is -2.39. The molecule has 0 aliphatic carbocycles. The van der Waals surface area contributed by atoms with E-state index in [1.165, 1.54) is 5.56 Å². The number of piperidine rings is 1. The summed E-state index contributed by atoms with van der Waals surface area (Å²) in [7, 11) is 0. The van der Waals surface area contributed by atoms with E-state index in [9.17, 15) is 4.79 Å². The molecule has 5 heteroatoms. The Kier molecular flexibility index (Phi) is 6.65. The molecule has 1 aromatic carbocycles. The van der Waals surface area contributed by atoms with Crippen LogP contribution in [0.1, 0.15) is 52.5 Å². The first-order valence-corrected chi connectivity index (χ1v) is 10.4. The number of carbonyl (C=O) groups excluding carboxylic acids is 1. The van der Waals surface area contributed by atoms with Crippen LogP contribution < -0.4 is 0 Å². The summed E-state index contributed by atoms with van der Waals surface area (Å²) in [6.45, 7) is 11.4. The van der Waals surface area contributed by atoms with Crippen LogP contribution in [0.5, 0.6) is 0 Å². The lowest BCUT2D eigenvalue weighted by Crippen LogP contribution is -2.48. The van der Waals surface area contributed by atoms with Crippen molar-refractivity contribution in [3.05, 3.63) is 47.7 Å². The summed E-state index contributed by atoms with van der Waals surface area (Å²) < 4.78 is 11.8. The van der Waals surface area contributed by atoms with Crippen molar-refractivity contribution in [2.75, 3.05) is 19.6 Å². The Morgan fingerprint density at radius 2 is 1.93 bits per heavy atom. The van der Waals surface area contributed by atoms with E-state index in [0.29, 0.717) is 6.54 Å². The fraction of sp³-hybridized carbons (Fsp3) is 0.609. The zero-order chi connectivity index (χ0) is 20.1. The summed E-state index contributed by atoms with van der Waals surface area (Å²) in [4.78, 5) is 16.6. The molecule has 154 valence electrons. The minimum atomic E-state index is -0.456. The highest BCUT2D eigenvalue weighted by Crippen LogP contribution is 2.26. The molecule has 1 saturated heterocycles. The van der Waals surface area contributed by atoms with Crippen molar-refractivity contribution in [1.29, 1.82) is 0 Å². The largest absolute Gasteiger partial charge is 0.495 e. The van der Waals surface area contributed by atoms with Gasteiger partial charge in [-0.05, 0) is 39.3 Å². The molecule has 0 saturated carbocycles. The minimum absolute atomic E-state index is 0.132. The lowest BCUT2D eigenvalue weighted by molar-refractivity contribution is -0.0138. The van der Waals surface area contributed by atoms with Gasteiger partial charge >= 0.3 is 6.09 Å². The first-order valence-electron chi connectivity index (χ1n) is 10.4. The average Bonchev–Trinajstić information content (AvgIpc) is 2.63. The van der Waals surface area contributed by atoms with Gasteiger partial charge in [0.1, 0.15) is 11.7 Å². The molecular weight excluding hydrogens is 352 g/mol. The summed E-state index contributed by atoms with van der Waals surface area (Å²) in [6.07, 6.45) is 4.84. The first-order chi connectivity index (χ1) is 13.3. The van der Waals surface area contributed by atoms with Crippen LogP contribution in [0.3, 0.4) is 0 Å². The fourth-order valence-electron chi connectivity index (χ4n) is 3.83. The molecule has 0 N–H and O–H groups in total. The van der Waals surface area contributed by atoms with E-state index < -0.39 is 5.60 Å². The number of carbonyl (C=O) groups is 1. The lowest BCUT2D eigenvalue weighted by atomic mass is 10.0. The minimum Gasteiger partial charge on any atom is -0.495 e. The van der Waals surface area contributed by atoms with Gasteiger partial charge in [-0.2, -0.15) is 0 Å². The Labute approximate surface area is 169 Å². The highest BCUT2D eigenvalue weighted by Gasteiger charge is 2.33. The fourth-order valence-corrected chi connectivity index (χ4v) is 3.83. The molecule has 1 amide bonds. The quantitative estimate of drug-likeness (QED) is 0.759. The molecule has 1 fully saturated rings. The highest BCUT2D eigenvalue weighted by molar-refractivity contribution is 5.68. The van der Waals surface area contributed by atoms with E-state index in [-0.39, 0.29) is 18.2 Å². The van der Waals surface area contributed by atoms with Crippen molar-refractivity contribution in [2.45, 2.75) is 71.2 Å². The maximum absolute atomic E-state index is 12.4. The van der Waals surface area contributed by atoms with Gasteiger partial charge in [0.05, 0.1) is 5.76 Å². The maximum atomic E-state index is 12.4. The standard InChI is InChI=1S/C23H34N2O3/c1-18-16-21(12-15-25(18)22(26)28-23(2,3)4)27-20-10-13-24(14-11-20)17-19-8-6-5-7-9-19/h5-10,18,21H,11-17H2,1-4H3/t18-,21+/m0/s1. The van der Waals surface area contributed by atoms with Crippen molar-refractivity contribution in [1.82, 2.24) is 9.80 Å². The van der Waals surface area contributed by atoms with E-state index in [1.807, 2.05) is 25.7 Å². The van der Waals surface area contributed by atoms with E-state index >= 15 is 0 Å². The summed E-state index contributed by atoms with van der Waals surface area (Å²) in [5, 5.41) is 0. The molecule has 3 rings (SSSR count).